The molecule has 1 aliphatic rings. The third-order valence-corrected chi connectivity index (χ3v) is 4.16. The predicted molar refractivity (Wildman–Crippen MR) is 84.1 cm³/mol. The SMILES string of the molecule is Cc1cc(N2CCC[C@@H](C)C2)c2cc(C(=O)O)ccc2n1. The molecule has 0 bridgehead atoms. The number of aryl methyl sites for hydroxylation is 1. The molecular weight excluding hydrogens is 264 g/mol. The lowest BCUT2D eigenvalue weighted by molar-refractivity contribution is 0.0697. The number of nitrogens with zero attached hydrogens (tertiary/aromatic N) is 2. The molecule has 2 heterocycles. The van der Waals surface area contributed by atoms with Gasteiger partial charge in [-0.05, 0) is 49.9 Å². The van der Waals surface area contributed by atoms with Gasteiger partial charge in [0.1, 0.15) is 0 Å². The minimum atomic E-state index is -0.893. The lowest BCUT2D eigenvalue weighted by Gasteiger charge is -2.33. The number of benzene rings is 1. The summed E-state index contributed by atoms with van der Waals surface area (Å²) in [6.45, 7) is 6.31. The molecule has 0 aliphatic carbocycles. The van der Waals surface area contributed by atoms with E-state index in [4.69, 9.17) is 0 Å². The lowest BCUT2D eigenvalue weighted by Crippen LogP contribution is -2.34. The highest BCUT2D eigenvalue weighted by molar-refractivity contribution is 5.98. The summed E-state index contributed by atoms with van der Waals surface area (Å²) in [5.74, 6) is -0.222. The van der Waals surface area contributed by atoms with E-state index in [1.165, 1.54) is 12.8 Å². The number of carboxylic acid groups (broad SMARTS) is 1. The van der Waals surface area contributed by atoms with Crippen LogP contribution in [-0.4, -0.2) is 29.1 Å². The number of rotatable bonds is 2. The molecule has 0 radical (unpaired) electrons. The Morgan fingerprint density at radius 2 is 2.19 bits per heavy atom. The van der Waals surface area contributed by atoms with E-state index in [9.17, 15) is 9.90 Å². The number of anilines is 1. The van der Waals surface area contributed by atoms with Gasteiger partial charge in [-0.15, -0.1) is 0 Å². The van der Waals surface area contributed by atoms with E-state index in [0.29, 0.717) is 11.5 Å². The molecule has 1 saturated heterocycles. The Morgan fingerprint density at radius 3 is 2.90 bits per heavy atom. The lowest BCUT2D eigenvalue weighted by atomic mass is 9.98. The Labute approximate surface area is 124 Å². The van der Waals surface area contributed by atoms with Crippen LogP contribution in [0.1, 0.15) is 35.8 Å². The van der Waals surface area contributed by atoms with Crippen molar-refractivity contribution >= 4 is 22.6 Å². The highest BCUT2D eigenvalue weighted by Crippen LogP contribution is 2.31. The fraction of sp³-hybridized carbons (Fsp3) is 0.412. The van der Waals surface area contributed by atoms with Crippen LogP contribution in [-0.2, 0) is 0 Å². The Bertz CT molecular complexity index is 696. The topological polar surface area (TPSA) is 53.4 Å². The number of aromatic carboxylic acids is 1. The van der Waals surface area contributed by atoms with Crippen molar-refractivity contribution in [2.45, 2.75) is 26.7 Å². The minimum absolute atomic E-state index is 0.319. The number of carboxylic acids is 1. The smallest absolute Gasteiger partial charge is 0.335 e. The summed E-state index contributed by atoms with van der Waals surface area (Å²) in [5.41, 5.74) is 3.28. The van der Waals surface area contributed by atoms with Gasteiger partial charge >= 0.3 is 5.97 Å². The standard InChI is InChI=1S/C17H20N2O2/c1-11-4-3-7-19(10-11)16-8-12(2)18-15-6-5-13(17(20)21)9-14(15)16/h5-6,8-9,11H,3-4,7,10H2,1-2H3,(H,20,21)/t11-/m1/s1. The van der Waals surface area contributed by atoms with Crippen LogP contribution in [0, 0.1) is 12.8 Å². The maximum absolute atomic E-state index is 11.2. The van der Waals surface area contributed by atoms with E-state index in [1.807, 2.05) is 13.0 Å². The summed E-state index contributed by atoms with van der Waals surface area (Å²) in [7, 11) is 0. The van der Waals surface area contributed by atoms with Crippen LogP contribution < -0.4 is 4.90 Å². The summed E-state index contributed by atoms with van der Waals surface area (Å²) >= 11 is 0. The Kier molecular flexibility index (Phi) is 3.53. The van der Waals surface area contributed by atoms with Gasteiger partial charge in [0.15, 0.2) is 0 Å². The van der Waals surface area contributed by atoms with Crippen molar-refractivity contribution < 1.29 is 9.90 Å². The van der Waals surface area contributed by atoms with E-state index < -0.39 is 5.97 Å². The second-order valence-corrected chi connectivity index (χ2v) is 6.01. The molecule has 0 amide bonds. The molecule has 1 aromatic carbocycles. The van der Waals surface area contributed by atoms with Gasteiger partial charge in [-0.2, -0.15) is 0 Å². The number of piperidine rings is 1. The van der Waals surface area contributed by atoms with Gasteiger partial charge in [0, 0.05) is 29.9 Å². The van der Waals surface area contributed by atoms with Crippen molar-refractivity contribution in [1.82, 2.24) is 4.98 Å². The fourth-order valence-electron chi connectivity index (χ4n) is 3.14. The molecule has 1 aromatic heterocycles. The van der Waals surface area contributed by atoms with Crippen molar-refractivity contribution in [3.63, 3.8) is 0 Å². The number of hydrogen-bond donors (Lipinski definition) is 1. The maximum Gasteiger partial charge on any atom is 0.335 e. The number of carbonyl (C=O) groups is 1. The highest BCUT2D eigenvalue weighted by Gasteiger charge is 2.19. The third-order valence-electron chi connectivity index (χ3n) is 4.16. The molecule has 0 saturated carbocycles. The third kappa shape index (κ3) is 2.71. The van der Waals surface area contributed by atoms with Gasteiger partial charge in [-0.3, -0.25) is 4.98 Å². The van der Waals surface area contributed by atoms with E-state index in [1.54, 1.807) is 12.1 Å². The number of pyridine rings is 1. The van der Waals surface area contributed by atoms with Crippen LogP contribution in [0.15, 0.2) is 24.3 Å². The summed E-state index contributed by atoms with van der Waals surface area (Å²) < 4.78 is 0. The van der Waals surface area contributed by atoms with E-state index in [-0.39, 0.29) is 0 Å². The number of aromatic nitrogens is 1. The molecule has 2 aromatic rings. The quantitative estimate of drug-likeness (QED) is 0.917. The number of fused-ring (bicyclic) bond motifs is 1. The first kappa shape index (κ1) is 13.9. The van der Waals surface area contributed by atoms with Crippen LogP contribution in [0.5, 0.6) is 0 Å². The Hall–Kier alpha value is -2.10. The normalized spacial score (nSPS) is 19.0. The molecule has 4 nitrogen and oxygen atoms in total. The summed E-state index contributed by atoms with van der Waals surface area (Å²) in [5, 5.41) is 10.1. The highest BCUT2D eigenvalue weighted by atomic mass is 16.4. The van der Waals surface area contributed by atoms with Crippen molar-refractivity contribution in [3.8, 4) is 0 Å². The first-order chi connectivity index (χ1) is 10.0. The predicted octanol–water partition coefficient (Wildman–Crippen LogP) is 3.48. The van der Waals surface area contributed by atoms with Crippen LogP contribution in [0.3, 0.4) is 0 Å². The van der Waals surface area contributed by atoms with Gasteiger partial charge in [0.05, 0.1) is 11.1 Å². The first-order valence-electron chi connectivity index (χ1n) is 7.44. The van der Waals surface area contributed by atoms with Crippen molar-refractivity contribution in [1.29, 1.82) is 0 Å². The van der Waals surface area contributed by atoms with Crippen molar-refractivity contribution in [2.24, 2.45) is 5.92 Å². The molecule has 4 heteroatoms. The zero-order chi connectivity index (χ0) is 15.0. The van der Waals surface area contributed by atoms with Crippen LogP contribution in [0.4, 0.5) is 5.69 Å². The Balaban J connectivity index is 2.14. The summed E-state index contributed by atoms with van der Waals surface area (Å²) in [4.78, 5) is 18.1. The van der Waals surface area contributed by atoms with Gasteiger partial charge in [-0.25, -0.2) is 4.79 Å². The molecule has 0 spiro atoms. The molecule has 21 heavy (non-hydrogen) atoms. The fourth-order valence-corrected chi connectivity index (χ4v) is 3.14. The molecule has 110 valence electrons. The second-order valence-electron chi connectivity index (χ2n) is 6.01. The molecule has 1 N–H and O–H groups in total. The average Bonchev–Trinajstić information content (AvgIpc) is 2.45. The molecule has 3 rings (SSSR count). The summed E-state index contributed by atoms with van der Waals surface area (Å²) in [6.07, 6.45) is 2.45. The van der Waals surface area contributed by atoms with Crippen molar-refractivity contribution in [2.75, 3.05) is 18.0 Å². The van der Waals surface area contributed by atoms with E-state index >= 15 is 0 Å². The molecule has 1 aliphatic heterocycles. The zero-order valence-corrected chi connectivity index (χ0v) is 12.5. The largest absolute Gasteiger partial charge is 0.478 e. The minimum Gasteiger partial charge on any atom is -0.478 e. The van der Waals surface area contributed by atoms with E-state index in [2.05, 4.69) is 22.9 Å². The van der Waals surface area contributed by atoms with Crippen molar-refractivity contribution in [3.05, 3.63) is 35.5 Å². The molecule has 1 atom stereocenters. The second kappa shape index (κ2) is 5.35. The van der Waals surface area contributed by atoms with E-state index in [0.717, 1.165) is 35.4 Å². The van der Waals surface area contributed by atoms with Gasteiger partial charge in [0.2, 0.25) is 0 Å². The van der Waals surface area contributed by atoms with Gasteiger partial charge in [0.25, 0.3) is 0 Å². The monoisotopic (exact) mass is 284 g/mol. The number of hydrogen-bond acceptors (Lipinski definition) is 3. The Morgan fingerprint density at radius 1 is 1.38 bits per heavy atom. The summed E-state index contributed by atoms with van der Waals surface area (Å²) in [6, 6.07) is 7.26. The van der Waals surface area contributed by atoms with Crippen LogP contribution in [0.25, 0.3) is 10.9 Å². The molecule has 1 fully saturated rings. The molecule has 0 unspecified atom stereocenters. The van der Waals surface area contributed by atoms with Gasteiger partial charge in [-0.1, -0.05) is 6.92 Å². The zero-order valence-electron chi connectivity index (χ0n) is 12.5. The first-order valence-corrected chi connectivity index (χ1v) is 7.44. The molecular formula is C17H20N2O2. The van der Waals surface area contributed by atoms with Gasteiger partial charge < -0.3 is 10.0 Å². The van der Waals surface area contributed by atoms with Crippen LogP contribution in [0.2, 0.25) is 0 Å². The van der Waals surface area contributed by atoms with Crippen LogP contribution >= 0.6 is 0 Å². The average molecular weight is 284 g/mol. The maximum atomic E-state index is 11.2.